The molecule has 0 unspecified atom stereocenters. The lowest BCUT2D eigenvalue weighted by Crippen LogP contribution is -2.21. The summed E-state index contributed by atoms with van der Waals surface area (Å²) in [4.78, 5) is 11.6. The molecule has 5 nitrogen and oxygen atoms in total. The Hall–Kier alpha value is -14.8. The van der Waals surface area contributed by atoms with Crippen LogP contribution < -0.4 is 76.7 Å². The molecule has 0 saturated carbocycles. The highest BCUT2D eigenvalue weighted by molar-refractivity contribution is 6.30. The van der Waals surface area contributed by atoms with Crippen molar-refractivity contribution >= 4 is 122 Å². The zero-order chi connectivity index (χ0) is 93.7. The van der Waals surface area contributed by atoms with Crippen molar-refractivity contribution < 1.29 is 0 Å². The van der Waals surface area contributed by atoms with Gasteiger partial charge >= 0.3 is 0 Å². The number of benzene rings is 17. The van der Waals surface area contributed by atoms with Crippen LogP contribution >= 0.6 is 11.6 Å². The van der Waals surface area contributed by atoms with Crippen LogP contribution in [0.2, 0.25) is 5.02 Å². The Kier molecular flexibility index (Phi) is 42.1. The summed E-state index contributed by atoms with van der Waals surface area (Å²) in [6.07, 6.45) is 0. The van der Waals surface area contributed by atoms with Crippen molar-refractivity contribution in [3.8, 4) is 0 Å². The third kappa shape index (κ3) is 27.6. The van der Waals surface area contributed by atoms with Crippen LogP contribution in [0.4, 0.5) is 28.4 Å². The maximum atomic E-state index is 6.27. The van der Waals surface area contributed by atoms with Gasteiger partial charge in [0.05, 0.1) is 0 Å². The first-order chi connectivity index (χ1) is 64.8. The fourth-order valence-electron chi connectivity index (χ4n) is 17.4. The van der Waals surface area contributed by atoms with Crippen LogP contribution in [-0.2, 0) is 0 Å². The van der Waals surface area contributed by atoms with Gasteiger partial charge in [-0.05, 0) is 298 Å². The highest BCUT2D eigenvalue weighted by Crippen LogP contribution is 2.35. The summed E-state index contributed by atoms with van der Waals surface area (Å²) in [5, 5.41) is 17.0. The molecule has 0 fully saturated rings. The zero-order valence-corrected chi connectivity index (χ0v) is 85.2. The molecule has 0 aliphatic rings. The van der Waals surface area contributed by atoms with Crippen LogP contribution in [0.15, 0.2) is 406 Å². The zero-order valence-electron chi connectivity index (χ0n) is 84.5. The first-order valence-corrected chi connectivity index (χ1v) is 47.2. The van der Waals surface area contributed by atoms with Gasteiger partial charge in [-0.15, -0.1) is 0 Å². The lowest BCUT2D eigenvalue weighted by atomic mass is 9.91. The summed E-state index contributed by atoms with van der Waals surface area (Å²) in [5.74, 6) is 0. The number of nitrogens with zero attached hydrogens (tertiary/aromatic N) is 5. The fourth-order valence-corrected chi connectivity index (χ4v) is 17.6. The van der Waals surface area contributed by atoms with E-state index in [1.54, 1.807) is 0 Å². The number of hydrogen-bond donors (Lipinski definition) is 0. The first-order valence-electron chi connectivity index (χ1n) is 46.8. The average molecular weight is 1830 g/mol. The van der Waals surface area contributed by atoms with Crippen molar-refractivity contribution in [3.63, 3.8) is 0 Å². The molecule has 0 saturated heterocycles. The lowest BCUT2D eigenvalue weighted by molar-refractivity contribution is 0.866. The van der Waals surface area contributed by atoms with Crippen LogP contribution in [0, 0.1) is 44.1 Å². The average Bonchev–Trinajstić information content (AvgIpc) is 0.781. The number of aryl methyl sites for hydroxylation is 1. The molecular formula is C132H141ClN5-5. The van der Waals surface area contributed by atoms with E-state index in [-0.39, 0.29) is 37.1 Å². The monoisotopic (exact) mass is 1830 g/mol. The van der Waals surface area contributed by atoms with Gasteiger partial charge in [0.25, 0.3) is 0 Å². The molecule has 0 amide bonds. The maximum absolute atomic E-state index is 6.27. The van der Waals surface area contributed by atoms with Gasteiger partial charge in [-0.2, -0.15) is 0 Å². The van der Waals surface area contributed by atoms with Crippen LogP contribution in [0.3, 0.4) is 0 Å². The number of rotatable bonds is 23. The highest BCUT2D eigenvalue weighted by Gasteiger charge is 2.18. The summed E-state index contributed by atoms with van der Waals surface area (Å²) in [7, 11) is 4.12. The van der Waals surface area contributed by atoms with Crippen LogP contribution in [0.1, 0.15) is 117 Å². The predicted octanol–water partition coefficient (Wildman–Crippen LogP) is 25.7. The topological polar surface area (TPSA) is 16.2 Å². The number of halogens is 1. The minimum atomic E-state index is 0. The molecule has 0 spiro atoms. The quantitative estimate of drug-likeness (QED) is 0.0592. The maximum Gasteiger partial charge on any atom is 0.0412 e. The second-order valence-electron chi connectivity index (χ2n) is 33.4. The Morgan fingerprint density at radius 1 is 0.217 bits per heavy atom. The normalized spacial score (nSPS) is 10.3. The Morgan fingerprint density at radius 3 is 0.725 bits per heavy atom. The van der Waals surface area contributed by atoms with E-state index in [0.29, 0.717) is 0 Å². The van der Waals surface area contributed by atoms with Crippen molar-refractivity contribution in [2.75, 3.05) is 91.0 Å². The van der Waals surface area contributed by atoms with Crippen molar-refractivity contribution in [2.24, 2.45) is 0 Å². The molecule has 0 radical (unpaired) electrons. The van der Waals surface area contributed by atoms with E-state index in [4.69, 9.17) is 11.6 Å². The molecule has 17 rings (SSSR count). The highest BCUT2D eigenvalue weighted by atomic mass is 35.5. The van der Waals surface area contributed by atoms with Gasteiger partial charge in [-0.1, -0.05) is 378 Å². The van der Waals surface area contributed by atoms with Gasteiger partial charge in [0, 0.05) is 99.9 Å². The molecule has 0 heterocycles. The SMILES string of the molecule is C=c1ccc(=C(c2ccc(N(CC)CC)cc2)c2cccc3ccccc23)cc1.C=c1ccc(=C(c2ccc(N(CC)CC)cc2)c2cccc3ccccc23)cc1.C=c1ccc(=C(c2cccc(Cl)c2)c2ccc(N(C)C)cc2C)cc1.C=c1ccc(=C(c2ccccc2)c2ccc(N(CC)CC)cc2)cc1.C=c1ccc(=C(c2ccccc2)c2ccc(N(CC)CC)cc2)cc1.[CH3-].[CH3-].[CH3-].[CH3-].[CH3-]. The van der Waals surface area contributed by atoms with Gasteiger partial charge in [-0.25, -0.2) is 0 Å². The summed E-state index contributed by atoms with van der Waals surface area (Å²) < 4.78 is 0. The summed E-state index contributed by atoms with van der Waals surface area (Å²) in [6, 6.07) is 144. The number of fused-ring (bicyclic) bond motifs is 2. The Bertz CT molecular complexity index is 6900. The molecule has 0 aromatic heterocycles. The van der Waals surface area contributed by atoms with E-state index in [9.17, 15) is 0 Å². The molecule has 0 aliphatic heterocycles. The van der Waals surface area contributed by atoms with Crippen molar-refractivity contribution in [2.45, 2.75) is 62.3 Å². The number of hydrogen-bond acceptors (Lipinski definition) is 5. The van der Waals surface area contributed by atoms with Gasteiger partial charge in [0.15, 0.2) is 0 Å². The van der Waals surface area contributed by atoms with Crippen molar-refractivity contribution in [3.05, 3.63) is 562 Å². The van der Waals surface area contributed by atoms with Crippen LogP contribution in [0.5, 0.6) is 0 Å². The fraction of sp³-hybridized carbons (Fsp3) is 0.144. The molecule has 0 atom stereocenters. The van der Waals surface area contributed by atoms with E-state index in [2.05, 4.69) is 510 Å². The summed E-state index contributed by atoms with van der Waals surface area (Å²) in [6.45, 7) is 48.0. The van der Waals surface area contributed by atoms with E-state index >= 15 is 0 Å². The van der Waals surface area contributed by atoms with Crippen LogP contribution in [0.25, 0.3) is 82.3 Å². The molecular weight excluding hydrogens is 1690 g/mol. The van der Waals surface area contributed by atoms with E-state index in [1.165, 1.54) is 154 Å². The predicted molar refractivity (Wildman–Crippen MR) is 614 cm³/mol. The van der Waals surface area contributed by atoms with Gasteiger partial charge in [0.1, 0.15) is 0 Å². The molecule has 17 aromatic rings. The summed E-state index contributed by atoms with van der Waals surface area (Å²) in [5.41, 5.74) is 26.0. The minimum Gasteiger partial charge on any atom is -0.378 e. The van der Waals surface area contributed by atoms with Crippen LogP contribution in [-0.4, -0.2) is 66.5 Å². The summed E-state index contributed by atoms with van der Waals surface area (Å²) >= 11 is 6.27. The van der Waals surface area contributed by atoms with Crippen molar-refractivity contribution in [1.29, 1.82) is 0 Å². The second-order valence-corrected chi connectivity index (χ2v) is 33.9. The van der Waals surface area contributed by atoms with Gasteiger partial charge in [0.2, 0.25) is 0 Å². The molecule has 706 valence electrons. The lowest BCUT2D eigenvalue weighted by Gasteiger charge is -2.21. The van der Waals surface area contributed by atoms with Gasteiger partial charge in [-0.3, -0.25) is 0 Å². The standard InChI is InChI=1S/2C28H27N.2C24H25N.C23H22ClN.5CH3/c2*1-4-29(5-2)25-19-17-24(18-20-25)28(23-15-13-21(3)14-16-23)27-12-8-10-22-9-6-7-11-26(22)27;2*1-4-25(5-2)23-17-15-22(16-18-23)24(20-9-7-6-8-10-20)21-13-11-19(3)12-14-21;1-16-8-10-18(11-9-16)23(19-6-5-7-20(24)15-19)22-13-12-21(25(3)4)14-17(22)2;;;;;/h2*6-20H,3-5H2,1-2H3;2*6-18H,3-5H2,1-2H3;5-15H,1H2,2-4H3;5*1H3/q;;;;;5*-1. The molecule has 0 bridgehead atoms. The first kappa shape index (κ1) is 109. The third-order valence-corrected chi connectivity index (χ3v) is 24.9. The Balaban J connectivity index is 0.000000210. The minimum absolute atomic E-state index is 0. The Morgan fingerprint density at radius 2 is 0.449 bits per heavy atom. The molecule has 17 aromatic carbocycles. The second kappa shape index (κ2) is 53.5. The van der Waals surface area contributed by atoms with Gasteiger partial charge < -0.3 is 61.6 Å². The number of anilines is 5. The molecule has 0 N–H and O–H groups in total. The molecule has 6 heteroatoms. The van der Waals surface area contributed by atoms with E-state index in [1.807, 2.05) is 30.3 Å². The largest absolute Gasteiger partial charge is 0.378 e. The smallest absolute Gasteiger partial charge is 0.0412 e. The third-order valence-electron chi connectivity index (χ3n) is 24.7. The molecule has 0 aliphatic carbocycles. The van der Waals surface area contributed by atoms with Crippen molar-refractivity contribution in [1.82, 2.24) is 0 Å². The van der Waals surface area contributed by atoms with E-state index in [0.717, 1.165) is 94.3 Å². The van der Waals surface area contributed by atoms with E-state index < -0.39 is 0 Å². The Labute approximate surface area is 831 Å². The molecule has 138 heavy (non-hydrogen) atoms.